The standard InChI is InChI=1S/C20H24N2O3/c23-20(14-21-16-8-2-1-3-9-16)22-18-11-4-5-12-19(18)25-15-17-10-6-7-13-24-17/h1-5,8-9,11-12,17,21H,6-7,10,13-15H2,(H,22,23)/t17-/m0/s1. The van der Waals surface area contributed by atoms with Crippen LogP contribution < -0.4 is 15.4 Å². The van der Waals surface area contributed by atoms with Gasteiger partial charge >= 0.3 is 0 Å². The average molecular weight is 340 g/mol. The van der Waals surface area contributed by atoms with Crippen molar-refractivity contribution in [2.75, 3.05) is 30.4 Å². The highest BCUT2D eigenvalue weighted by Gasteiger charge is 2.15. The summed E-state index contributed by atoms with van der Waals surface area (Å²) >= 11 is 0. The van der Waals surface area contributed by atoms with Crippen LogP contribution in [0.4, 0.5) is 11.4 Å². The fourth-order valence-electron chi connectivity index (χ4n) is 2.75. The molecule has 132 valence electrons. The van der Waals surface area contributed by atoms with Gasteiger partial charge in [0, 0.05) is 12.3 Å². The highest BCUT2D eigenvalue weighted by Crippen LogP contribution is 2.25. The molecule has 2 aromatic rings. The minimum Gasteiger partial charge on any atom is -0.489 e. The normalized spacial score (nSPS) is 16.9. The molecule has 0 unspecified atom stereocenters. The second-order valence-corrected chi connectivity index (χ2v) is 6.06. The van der Waals surface area contributed by atoms with Crippen LogP contribution in [0.5, 0.6) is 5.75 Å². The van der Waals surface area contributed by atoms with Gasteiger partial charge in [0.1, 0.15) is 12.4 Å². The molecule has 1 amide bonds. The van der Waals surface area contributed by atoms with E-state index in [0.29, 0.717) is 18.0 Å². The van der Waals surface area contributed by atoms with Gasteiger partial charge in [0.15, 0.2) is 0 Å². The maximum atomic E-state index is 12.2. The Bertz CT molecular complexity index is 670. The first-order valence-electron chi connectivity index (χ1n) is 8.73. The lowest BCUT2D eigenvalue weighted by molar-refractivity contribution is -0.114. The summed E-state index contributed by atoms with van der Waals surface area (Å²) in [6, 6.07) is 17.1. The predicted molar refractivity (Wildman–Crippen MR) is 99.1 cm³/mol. The van der Waals surface area contributed by atoms with Crippen molar-refractivity contribution in [1.82, 2.24) is 0 Å². The number of para-hydroxylation sites is 3. The Balaban J connectivity index is 1.52. The van der Waals surface area contributed by atoms with Crippen LogP contribution in [0, 0.1) is 0 Å². The van der Waals surface area contributed by atoms with Crippen molar-refractivity contribution in [3.8, 4) is 5.75 Å². The number of amides is 1. The van der Waals surface area contributed by atoms with Crippen LogP contribution in [0.3, 0.4) is 0 Å². The van der Waals surface area contributed by atoms with Crippen molar-refractivity contribution < 1.29 is 14.3 Å². The summed E-state index contributed by atoms with van der Waals surface area (Å²) in [7, 11) is 0. The van der Waals surface area contributed by atoms with Gasteiger partial charge in [0.25, 0.3) is 0 Å². The Morgan fingerprint density at radius 2 is 1.88 bits per heavy atom. The van der Waals surface area contributed by atoms with E-state index < -0.39 is 0 Å². The van der Waals surface area contributed by atoms with Gasteiger partial charge in [0.2, 0.25) is 5.91 Å². The van der Waals surface area contributed by atoms with E-state index in [9.17, 15) is 4.79 Å². The van der Waals surface area contributed by atoms with E-state index in [2.05, 4.69) is 10.6 Å². The number of carbonyl (C=O) groups is 1. The van der Waals surface area contributed by atoms with E-state index >= 15 is 0 Å². The fraction of sp³-hybridized carbons (Fsp3) is 0.350. The van der Waals surface area contributed by atoms with Gasteiger partial charge < -0.3 is 20.1 Å². The first kappa shape index (κ1) is 17.3. The van der Waals surface area contributed by atoms with Crippen LogP contribution in [0.25, 0.3) is 0 Å². The smallest absolute Gasteiger partial charge is 0.243 e. The molecule has 3 rings (SSSR count). The van der Waals surface area contributed by atoms with Gasteiger partial charge in [-0.25, -0.2) is 0 Å². The third-order valence-electron chi connectivity index (χ3n) is 4.09. The molecule has 2 aromatic carbocycles. The van der Waals surface area contributed by atoms with Gasteiger partial charge in [0.05, 0.1) is 18.3 Å². The van der Waals surface area contributed by atoms with Crippen molar-refractivity contribution in [2.24, 2.45) is 0 Å². The molecule has 0 saturated carbocycles. The first-order chi connectivity index (χ1) is 12.3. The first-order valence-corrected chi connectivity index (χ1v) is 8.73. The van der Waals surface area contributed by atoms with Crippen molar-refractivity contribution in [3.05, 3.63) is 54.6 Å². The van der Waals surface area contributed by atoms with Crippen molar-refractivity contribution in [2.45, 2.75) is 25.4 Å². The van der Waals surface area contributed by atoms with E-state index in [1.807, 2.05) is 54.6 Å². The summed E-state index contributed by atoms with van der Waals surface area (Å²) < 4.78 is 11.6. The summed E-state index contributed by atoms with van der Waals surface area (Å²) in [4.78, 5) is 12.2. The maximum absolute atomic E-state index is 12.2. The minimum atomic E-state index is -0.117. The van der Waals surface area contributed by atoms with Crippen molar-refractivity contribution >= 4 is 17.3 Å². The molecule has 2 N–H and O–H groups in total. The van der Waals surface area contributed by atoms with Crippen LogP contribution in [-0.2, 0) is 9.53 Å². The number of carbonyl (C=O) groups excluding carboxylic acids is 1. The zero-order valence-electron chi connectivity index (χ0n) is 14.2. The highest BCUT2D eigenvalue weighted by atomic mass is 16.5. The van der Waals surface area contributed by atoms with E-state index in [4.69, 9.17) is 9.47 Å². The zero-order chi connectivity index (χ0) is 17.3. The van der Waals surface area contributed by atoms with Crippen molar-refractivity contribution in [1.29, 1.82) is 0 Å². The SMILES string of the molecule is O=C(CNc1ccccc1)Nc1ccccc1OC[C@@H]1CCCCO1. The summed E-state index contributed by atoms with van der Waals surface area (Å²) in [5, 5.41) is 6.00. The summed E-state index contributed by atoms with van der Waals surface area (Å²) in [5.41, 5.74) is 1.59. The molecule has 1 saturated heterocycles. The Morgan fingerprint density at radius 1 is 1.08 bits per heavy atom. The molecule has 1 atom stereocenters. The quantitative estimate of drug-likeness (QED) is 0.807. The molecule has 0 radical (unpaired) electrons. The lowest BCUT2D eigenvalue weighted by atomic mass is 10.1. The monoisotopic (exact) mass is 340 g/mol. The van der Waals surface area contributed by atoms with Gasteiger partial charge in [-0.3, -0.25) is 4.79 Å². The summed E-state index contributed by atoms with van der Waals surface area (Å²) in [6.45, 7) is 1.51. The Kier molecular flexibility index (Phi) is 6.29. The molecule has 0 aromatic heterocycles. The Hall–Kier alpha value is -2.53. The van der Waals surface area contributed by atoms with Gasteiger partial charge in [-0.05, 0) is 43.5 Å². The lowest BCUT2D eigenvalue weighted by Gasteiger charge is -2.23. The molecule has 1 fully saturated rings. The van der Waals surface area contributed by atoms with Crippen LogP contribution >= 0.6 is 0 Å². The zero-order valence-corrected chi connectivity index (χ0v) is 14.2. The van der Waals surface area contributed by atoms with Crippen LogP contribution in [-0.4, -0.2) is 31.8 Å². The number of hydrogen-bond acceptors (Lipinski definition) is 4. The molecule has 5 heteroatoms. The van der Waals surface area contributed by atoms with Gasteiger partial charge in [-0.2, -0.15) is 0 Å². The summed E-state index contributed by atoms with van der Waals surface area (Å²) in [5.74, 6) is 0.554. The van der Waals surface area contributed by atoms with E-state index in [1.54, 1.807) is 0 Å². The topological polar surface area (TPSA) is 59.6 Å². The fourth-order valence-corrected chi connectivity index (χ4v) is 2.75. The molecular formula is C20H24N2O3. The van der Waals surface area contributed by atoms with Gasteiger partial charge in [-0.15, -0.1) is 0 Å². The molecule has 1 heterocycles. The van der Waals surface area contributed by atoms with Crippen LogP contribution in [0.2, 0.25) is 0 Å². The Morgan fingerprint density at radius 3 is 2.68 bits per heavy atom. The number of rotatable bonds is 7. The molecule has 1 aliphatic heterocycles. The predicted octanol–water partition coefficient (Wildman–Crippen LogP) is 3.69. The number of ether oxygens (including phenoxy) is 2. The second kappa shape index (κ2) is 9.08. The van der Waals surface area contributed by atoms with E-state index in [1.165, 1.54) is 6.42 Å². The molecule has 5 nitrogen and oxygen atoms in total. The largest absolute Gasteiger partial charge is 0.489 e. The maximum Gasteiger partial charge on any atom is 0.243 e. The van der Waals surface area contributed by atoms with E-state index in [-0.39, 0.29) is 18.6 Å². The summed E-state index contributed by atoms with van der Waals surface area (Å²) in [6.07, 6.45) is 3.46. The van der Waals surface area contributed by atoms with Gasteiger partial charge in [-0.1, -0.05) is 30.3 Å². The second-order valence-electron chi connectivity index (χ2n) is 6.06. The molecule has 0 aliphatic carbocycles. The van der Waals surface area contributed by atoms with Crippen LogP contribution in [0.1, 0.15) is 19.3 Å². The number of benzene rings is 2. The molecule has 0 spiro atoms. The average Bonchev–Trinajstić information content (AvgIpc) is 2.67. The molecular weight excluding hydrogens is 316 g/mol. The lowest BCUT2D eigenvalue weighted by Crippen LogP contribution is -2.26. The molecule has 1 aliphatic rings. The molecule has 25 heavy (non-hydrogen) atoms. The third-order valence-corrected chi connectivity index (χ3v) is 4.09. The van der Waals surface area contributed by atoms with E-state index in [0.717, 1.165) is 25.1 Å². The highest BCUT2D eigenvalue weighted by molar-refractivity contribution is 5.95. The number of hydrogen-bond donors (Lipinski definition) is 2. The van der Waals surface area contributed by atoms with Crippen LogP contribution in [0.15, 0.2) is 54.6 Å². The van der Waals surface area contributed by atoms with Crippen molar-refractivity contribution in [3.63, 3.8) is 0 Å². The number of anilines is 2. The third kappa shape index (κ3) is 5.50. The Labute approximate surface area is 148 Å². The molecule has 0 bridgehead atoms. The minimum absolute atomic E-state index is 0.117. The number of nitrogens with one attached hydrogen (secondary N) is 2.